The predicted molar refractivity (Wildman–Crippen MR) is 140 cm³/mol. The molecule has 37 heavy (non-hydrogen) atoms. The number of halogens is 2. The van der Waals surface area contributed by atoms with E-state index in [4.69, 9.17) is 31.2 Å². The summed E-state index contributed by atoms with van der Waals surface area (Å²) in [6.07, 6.45) is 7.17. The Balaban J connectivity index is 1.39. The van der Waals surface area contributed by atoms with Gasteiger partial charge in [0.2, 0.25) is 11.7 Å². The summed E-state index contributed by atoms with van der Waals surface area (Å²) in [7, 11) is 1.48. The Bertz CT molecular complexity index is 1350. The number of nitrogens with zero attached hydrogens (tertiary/aromatic N) is 2. The van der Waals surface area contributed by atoms with Crippen molar-refractivity contribution >= 4 is 39.9 Å². The number of carbonyl (C=O) groups is 1. The second-order valence-corrected chi connectivity index (χ2v) is 9.77. The molecule has 0 aliphatic carbocycles. The van der Waals surface area contributed by atoms with Crippen LogP contribution in [0.5, 0.6) is 11.5 Å². The van der Waals surface area contributed by atoms with Crippen molar-refractivity contribution in [3.8, 4) is 11.5 Å². The highest BCUT2D eigenvalue weighted by atomic mass is 35.5. The maximum Gasteiger partial charge on any atom is 0.226 e. The first kappa shape index (κ1) is 25.4. The molecule has 0 radical (unpaired) electrons. The van der Waals surface area contributed by atoms with Crippen LogP contribution < -0.4 is 20.5 Å². The molecule has 1 amide bonds. The van der Waals surface area contributed by atoms with Gasteiger partial charge in [-0.25, -0.2) is 9.37 Å². The Hall–Kier alpha value is -3.30. The van der Waals surface area contributed by atoms with E-state index in [-0.39, 0.29) is 28.4 Å². The van der Waals surface area contributed by atoms with Crippen molar-refractivity contribution < 1.29 is 23.1 Å². The van der Waals surface area contributed by atoms with Gasteiger partial charge in [0.05, 0.1) is 29.3 Å². The molecule has 10 heteroatoms. The van der Waals surface area contributed by atoms with Crippen molar-refractivity contribution in [1.29, 1.82) is 0 Å². The van der Waals surface area contributed by atoms with Gasteiger partial charge in [-0.2, -0.15) is 0 Å². The monoisotopic (exact) mass is 528 g/mol. The van der Waals surface area contributed by atoms with Crippen LogP contribution >= 0.6 is 11.6 Å². The van der Waals surface area contributed by atoms with E-state index in [1.54, 1.807) is 19.4 Å². The van der Waals surface area contributed by atoms with Crippen molar-refractivity contribution in [1.82, 2.24) is 15.2 Å². The average molecular weight is 529 g/mol. The minimum Gasteiger partial charge on any atom is -0.496 e. The minimum atomic E-state index is -0.704. The fourth-order valence-electron chi connectivity index (χ4n) is 5.12. The summed E-state index contributed by atoms with van der Waals surface area (Å²) in [5.74, 6) is 0.549. The van der Waals surface area contributed by atoms with Gasteiger partial charge in [-0.1, -0.05) is 17.7 Å². The number of piperidine rings is 1. The fourth-order valence-corrected chi connectivity index (χ4v) is 5.43. The summed E-state index contributed by atoms with van der Waals surface area (Å²) in [4.78, 5) is 19.2. The zero-order chi connectivity index (χ0) is 26.1. The molecule has 1 fully saturated rings. The van der Waals surface area contributed by atoms with Crippen LogP contribution in [-0.2, 0) is 4.79 Å². The lowest BCUT2D eigenvalue weighted by atomic mass is 9.94. The standard InChI is InChI=1S/C27H30ClFN4O4/c1-15(22-21(35-2)4-3-20(29)23(22)28)37-25-24-18(13-32-26(25)30)19(14-36-24)16-7-11-33(12-8-16)27(34)17-5-9-31-10-6-17/h3-4,7,13-15,17,31H,5-6,8-12H2,1-2H3,(H2,30,32)/t15-/m1/s1. The number of ether oxygens (including phenoxy) is 2. The van der Waals surface area contributed by atoms with Crippen LogP contribution in [0.3, 0.4) is 0 Å². The van der Waals surface area contributed by atoms with Gasteiger partial charge >= 0.3 is 0 Å². The van der Waals surface area contributed by atoms with Crippen LogP contribution in [0.4, 0.5) is 10.2 Å². The number of hydrogen-bond acceptors (Lipinski definition) is 7. The van der Waals surface area contributed by atoms with Crippen molar-refractivity contribution in [3.05, 3.63) is 52.6 Å². The molecule has 3 aromatic rings. The number of aromatic nitrogens is 1. The molecule has 1 atom stereocenters. The number of amides is 1. The first-order chi connectivity index (χ1) is 17.9. The topological polar surface area (TPSA) is 103 Å². The van der Waals surface area contributed by atoms with Crippen LogP contribution in [0.15, 0.2) is 35.1 Å². The second-order valence-electron chi connectivity index (χ2n) is 9.39. The van der Waals surface area contributed by atoms with Crippen LogP contribution in [0, 0.1) is 11.7 Å². The predicted octanol–water partition coefficient (Wildman–Crippen LogP) is 4.97. The minimum absolute atomic E-state index is 0.0818. The fraction of sp³-hybridized carbons (Fsp3) is 0.407. The van der Waals surface area contributed by atoms with Gasteiger partial charge in [-0.05, 0) is 57.0 Å². The van der Waals surface area contributed by atoms with E-state index in [9.17, 15) is 9.18 Å². The number of rotatable bonds is 6. The number of furan rings is 1. The Labute approximate surface area is 219 Å². The molecule has 8 nitrogen and oxygen atoms in total. The summed E-state index contributed by atoms with van der Waals surface area (Å²) in [5.41, 5.74) is 8.93. The van der Waals surface area contributed by atoms with Gasteiger partial charge in [0.15, 0.2) is 11.4 Å². The number of methoxy groups -OCH3 is 1. The van der Waals surface area contributed by atoms with Gasteiger partial charge in [0, 0.05) is 30.8 Å². The highest BCUT2D eigenvalue weighted by Gasteiger charge is 2.28. The highest BCUT2D eigenvalue weighted by molar-refractivity contribution is 6.31. The molecule has 0 bridgehead atoms. The molecule has 196 valence electrons. The molecule has 1 saturated heterocycles. The summed E-state index contributed by atoms with van der Waals surface area (Å²) >= 11 is 6.24. The lowest BCUT2D eigenvalue weighted by Crippen LogP contribution is -2.42. The van der Waals surface area contributed by atoms with Gasteiger partial charge in [-0.15, -0.1) is 0 Å². The third-order valence-electron chi connectivity index (χ3n) is 7.17. The van der Waals surface area contributed by atoms with Crippen molar-refractivity contribution in [2.24, 2.45) is 5.92 Å². The largest absolute Gasteiger partial charge is 0.496 e. The number of fused-ring (bicyclic) bond motifs is 1. The zero-order valence-electron chi connectivity index (χ0n) is 20.9. The van der Waals surface area contributed by atoms with E-state index >= 15 is 0 Å². The first-order valence-corrected chi connectivity index (χ1v) is 12.8. The smallest absolute Gasteiger partial charge is 0.226 e. The van der Waals surface area contributed by atoms with Gasteiger partial charge in [0.1, 0.15) is 17.7 Å². The Morgan fingerprint density at radius 1 is 1.35 bits per heavy atom. The highest BCUT2D eigenvalue weighted by Crippen LogP contribution is 2.42. The number of nitrogen functional groups attached to an aromatic ring is 1. The first-order valence-electron chi connectivity index (χ1n) is 12.4. The third-order valence-corrected chi connectivity index (χ3v) is 7.55. The molecular weight excluding hydrogens is 499 g/mol. The SMILES string of the molecule is COc1ccc(F)c(Cl)c1[C@@H](C)Oc1c(N)ncc2c(C3=CCN(C(=O)C4CCNCC4)CC3)coc12. The lowest BCUT2D eigenvalue weighted by molar-refractivity contribution is -0.135. The van der Waals surface area contributed by atoms with E-state index in [2.05, 4.69) is 16.4 Å². The van der Waals surface area contributed by atoms with Crippen LogP contribution in [0.25, 0.3) is 16.5 Å². The molecule has 5 rings (SSSR count). The molecule has 0 spiro atoms. The molecule has 0 unspecified atom stereocenters. The summed E-state index contributed by atoms with van der Waals surface area (Å²) in [6, 6.07) is 2.74. The van der Waals surface area contributed by atoms with Crippen LogP contribution in [-0.4, -0.2) is 49.1 Å². The maximum atomic E-state index is 14.2. The number of benzene rings is 1. The molecular formula is C27H30ClFN4O4. The lowest BCUT2D eigenvalue weighted by Gasteiger charge is -2.31. The quantitative estimate of drug-likeness (QED) is 0.466. The molecule has 3 N–H and O–H groups in total. The third kappa shape index (κ3) is 4.85. The number of hydrogen-bond donors (Lipinski definition) is 2. The molecule has 2 aliphatic heterocycles. The summed E-state index contributed by atoms with van der Waals surface area (Å²) in [6.45, 7) is 4.73. The zero-order valence-corrected chi connectivity index (χ0v) is 21.6. The van der Waals surface area contributed by atoms with Crippen LogP contribution in [0.1, 0.15) is 43.4 Å². The van der Waals surface area contributed by atoms with Gasteiger partial charge in [-0.3, -0.25) is 4.79 Å². The molecule has 4 heterocycles. The van der Waals surface area contributed by atoms with E-state index in [1.807, 2.05) is 4.90 Å². The summed E-state index contributed by atoms with van der Waals surface area (Å²) < 4.78 is 31.6. The Morgan fingerprint density at radius 3 is 2.84 bits per heavy atom. The number of anilines is 1. The Morgan fingerprint density at radius 2 is 2.14 bits per heavy atom. The second kappa shape index (κ2) is 10.6. The van der Waals surface area contributed by atoms with Crippen molar-refractivity contribution in [2.45, 2.75) is 32.3 Å². The number of pyridine rings is 1. The van der Waals surface area contributed by atoms with Gasteiger partial charge in [0.25, 0.3) is 0 Å². The van der Waals surface area contributed by atoms with Gasteiger partial charge < -0.3 is 29.8 Å². The molecule has 0 saturated carbocycles. The summed E-state index contributed by atoms with van der Waals surface area (Å²) in [5, 5.41) is 3.97. The Kier molecular flexibility index (Phi) is 7.26. The van der Waals surface area contributed by atoms with E-state index in [0.717, 1.165) is 42.5 Å². The maximum absolute atomic E-state index is 14.2. The number of carbonyl (C=O) groups excluding carboxylic acids is 1. The van der Waals surface area contributed by atoms with E-state index < -0.39 is 11.9 Å². The van der Waals surface area contributed by atoms with Crippen LogP contribution in [0.2, 0.25) is 5.02 Å². The number of nitrogens with one attached hydrogen (secondary N) is 1. The van der Waals surface area contributed by atoms with E-state index in [1.165, 1.54) is 19.2 Å². The average Bonchev–Trinajstić information content (AvgIpc) is 3.36. The molecule has 1 aromatic carbocycles. The van der Waals surface area contributed by atoms with Crippen molar-refractivity contribution in [2.75, 3.05) is 39.0 Å². The van der Waals surface area contributed by atoms with E-state index in [0.29, 0.717) is 36.4 Å². The normalized spacial score (nSPS) is 17.5. The van der Waals surface area contributed by atoms with Crippen molar-refractivity contribution in [3.63, 3.8) is 0 Å². The molecule has 2 aromatic heterocycles. The number of nitrogens with two attached hydrogens (primary N) is 1. The molecule has 2 aliphatic rings.